The molecule has 1 aliphatic carbocycles. The van der Waals surface area contributed by atoms with Crippen molar-refractivity contribution >= 4 is 0 Å². The van der Waals surface area contributed by atoms with Gasteiger partial charge in [0.2, 0.25) is 0 Å². The molecule has 0 aliphatic heterocycles. The topological polar surface area (TPSA) is 24.5 Å². The van der Waals surface area contributed by atoms with Crippen molar-refractivity contribution in [2.24, 2.45) is 11.8 Å². The van der Waals surface area contributed by atoms with Crippen molar-refractivity contribution in [3.8, 4) is 0 Å². The number of likely N-dealkylation sites (N-methyl/N-ethyl adjacent to an activating group) is 1. The van der Waals surface area contributed by atoms with Crippen molar-refractivity contribution < 1.29 is 4.74 Å². The molecule has 0 bridgehead atoms. The Kier molecular flexibility index (Phi) is 7.96. The molecule has 0 aromatic carbocycles. The van der Waals surface area contributed by atoms with Crippen LogP contribution in [0, 0.1) is 11.8 Å². The number of rotatable bonds is 8. The lowest BCUT2D eigenvalue weighted by molar-refractivity contribution is 0.0567. The van der Waals surface area contributed by atoms with E-state index in [4.69, 9.17) is 4.74 Å². The summed E-state index contributed by atoms with van der Waals surface area (Å²) < 4.78 is 5.64. The molecule has 0 aromatic heterocycles. The average Bonchev–Trinajstić information content (AvgIpc) is 2.32. The highest BCUT2D eigenvalue weighted by molar-refractivity contribution is 4.84. The lowest BCUT2D eigenvalue weighted by Crippen LogP contribution is -2.45. The fourth-order valence-electron chi connectivity index (χ4n) is 3.17. The van der Waals surface area contributed by atoms with Gasteiger partial charge < -0.3 is 15.0 Å². The zero-order valence-electron chi connectivity index (χ0n) is 13.6. The zero-order valence-corrected chi connectivity index (χ0v) is 13.6. The predicted octanol–water partition coefficient (Wildman–Crippen LogP) is 2.76. The van der Waals surface area contributed by atoms with Gasteiger partial charge in [-0.3, -0.25) is 0 Å². The highest BCUT2D eigenvalue weighted by atomic mass is 16.5. The van der Waals surface area contributed by atoms with E-state index in [1.807, 2.05) is 0 Å². The SMILES string of the molecule is CCNC1CCC(C)CC1CN(C)CCOC(C)C. The molecular formula is C16H34N2O. The average molecular weight is 270 g/mol. The first-order valence-electron chi connectivity index (χ1n) is 8.06. The summed E-state index contributed by atoms with van der Waals surface area (Å²) in [5, 5.41) is 3.68. The second-order valence-corrected chi connectivity index (χ2v) is 6.52. The molecule has 0 radical (unpaired) electrons. The molecule has 114 valence electrons. The summed E-state index contributed by atoms with van der Waals surface area (Å²) >= 11 is 0. The second kappa shape index (κ2) is 8.93. The first-order valence-corrected chi connectivity index (χ1v) is 8.06. The number of hydrogen-bond acceptors (Lipinski definition) is 3. The molecule has 1 rings (SSSR count). The number of hydrogen-bond donors (Lipinski definition) is 1. The normalized spacial score (nSPS) is 28.3. The van der Waals surface area contributed by atoms with Gasteiger partial charge in [-0.25, -0.2) is 0 Å². The molecule has 1 aliphatic rings. The molecule has 3 unspecified atom stereocenters. The largest absolute Gasteiger partial charge is 0.377 e. The summed E-state index contributed by atoms with van der Waals surface area (Å²) in [7, 11) is 2.23. The highest BCUT2D eigenvalue weighted by Gasteiger charge is 2.28. The number of ether oxygens (including phenoxy) is 1. The van der Waals surface area contributed by atoms with Crippen LogP contribution in [0.1, 0.15) is 47.0 Å². The maximum atomic E-state index is 5.64. The lowest BCUT2D eigenvalue weighted by Gasteiger charge is -2.37. The Bertz CT molecular complexity index is 233. The van der Waals surface area contributed by atoms with E-state index in [1.165, 1.54) is 25.8 Å². The Hall–Kier alpha value is -0.120. The summed E-state index contributed by atoms with van der Waals surface area (Å²) in [5.74, 6) is 1.69. The summed E-state index contributed by atoms with van der Waals surface area (Å²) in [5.41, 5.74) is 0. The molecule has 1 fully saturated rings. The van der Waals surface area contributed by atoms with E-state index in [9.17, 15) is 0 Å². The fraction of sp³-hybridized carbons (Fsp3) is 1.00. The van der Waals surface area contributed by atoms with Gasteiger partial charge in [-0.05, 0) is 58.5 Å². The van der Waals surface area contributed by atoms with E-state index in [2.05, 4.69) is 45.0 Å². The zero-order chi connectivity index (χ0) is 14.3. The van der Waals surface area contributed by atoms with Crippen LogP contribution in [0.5, 0.6) is 0 Å². The lowest BCUT2D eigenvalue weighted by atomic mass is 9.78. The van der Waals surface area contributed by atoms with Crippen molar-refractivity contribution in [3.63, 3.8) is 0 Å². The van der Waals surface area contributed by atoms with E-state index in [0.29, 0.717) is 6.10 Å². The maximum absolute atomic E-state index is 5.64. The molecule has 3 nitrogen and oxygen atoms in total. The van der Waals surface area contributed by atoms with E-state index < -0.39 is 0 Å². The predicted molar refractivity (Wildman–Crippen MR) is 82.6 cm³/mol. The third-order valence-electron chi connectivity index (χ3n) is 4.18. The smallest absolute Gasteiger partial charge is 0.0596 e. The summed E-state index contributed by atoms with van der Waals surface area (Å²) in [6.07, 6.45) is 4.44. The van der Waals surface area contributed by atoms with Crippen LogP contribution in [0.2, 0.25) is 0 Å². The van der Waals surface area contributed by atoms with Gasteiger partial charge in [-0.1, -0.05) is 13.8 Å². The van der Waals surface area contributed by atoms with Crippen molar-refractivity contribution in [2.75, 3.05) is 33.3 Å². The van der Waals surface area contributed by atoms with Crippen molar-refractivity contribution in [1.29, 1.82) is 0 Å². The third-order valence-corrected chi connectivity index (χ3v) is 4.18. The molecule has 0 heterocycles. The van der Waals surface area contributed by atoms with Gasteiger partial charge in [0.15, 0.2) is 0 Å². The van der Waals surface area contributed by atoms with E-state index in [1.54, 1.807) is 0 Å². The first kappa shape index (κ1) is 16.9. The van der Waals surface area contributed by atoms with Gasteiger partial charge in [-0.15, -0.1) is 0 Å². The van der Waals surface area contributed by atoms with Gasteiger partial charge in [0.1, 0.15) is 0 Å². The molecule has 1 saturated carbocycles. The molecule has 3 atom stereocenters. The molecule has 0 amide bonds. The Morgan fingerprint density at radius 2 is 2.05 bits per heavy atom. The quantitative estimate of drug-likeness (QED) is 0.734. The monoisotopic (exact) mass is 270 g/mol. The van der Waals surface area contributed by atoms with Crippen LogP contribution >= 0.6 is 0 Å². The minimum Gasteiger partial charge on any atom is -0.377 e. The minimum atomic E-state index is 0.345. The van der Waals surface area contributed by atoms with Gasteiger partial charge in [0, 0.05) is 19.1 Å². The highest BCUT2D eigenvalue weighted by Crippen LogP contribution is 2.29. The van der Waals surface area contributed by atoms with E-state index >= 15 is 0 Å². The van der Waals surface area contributed by atoms with E-state index in [0.717, 1.165) is 37.6 Å². The Morgan fingerprint density at radius 3 is 2.68 bits per heavy atom. The number of nitrogens with zero attached hydrogens (tertiary/aromatic N) is 1. The Balaban J connectivity index is 2.33. The minimum absolute atomic E-state index is 0.345. The van der Waals surface area contributed by atoms with Crippen LogP contribution in [0.25, 0.3) is 0 Å². The van der Waals surface area contributed by atoms with Crippen LogP contribution in [-0.2, 0) is 4.74 Å². The van der Waals surface area contributed by atoms with Gasteiger partial charge in [0.25, 0.3) is 0 Å². The first-order chi connectivity index (χ1) is 9.02. The van der Waals surface area contributed by atoms with Gasteiger partial charge in [0.05, 0.1) is 12.7 Å². The summed E-state index contributed by atoms with van der Waals surface area (Å²) in [6.45, 7) is 13.0. The van der Waals surface area contributed by atoms with Crippen LogP contribution < -0.4 is 5.32 Å². The molecule has 1 N–H and O–H groups in total. The van der Waals surface area contributed by atoms with Crippen LogP contribution in [0.4, 0.5) is 0 Å². The van der Waals surface area contributed by atoms with E-state index in [-0.39, 0.29) is 0 Å². The second-order valence-electron chi connectivity index (χ2n) is 6.52. The third kappa shape index (κ3) is 6.73. The van der Waals surface area contributed by atoms with Crippen molar-refractivity contribution in [3.05, 3.63) is 0 Å². The molecule has 3 heteroatoms. The summed E-state index contributed by atoms with van der Waals surface area (Å²) in [4.78, 5) is 2.44. The molecule has 19 heavy (non-hydrogen) atoms. The Morgan fingerprint density at radius 1 is 1.32 bits per heavy atom. The Labute approximate surface area is 120 Å². The van der Waals surface area contributed by atoms with Crippen LogP contribution in [0.3, 0.4) is 0 Å². The summed E-state index contributed by atoms with van der Waals surface area (Å²) in [6, 6.07) is 0.717. The number of nitrogens with one attached hydrogen (secondary N) is 1. The standard InChI is InChI=1S/C16H34N2O/c1-6-17-16-8-7-14(4)11-15(16)12-18(5)9-10-19-13(2)3/h13-17H,6-12H2,1-5H3. The molecule has 0 saturated heterocycles. The molecule has 0 spiro atoms. The van der Waals surface area contributed by atoms with Gasteiger partial charge in [-0.2, -0.15) is 0 Å². The van der Waals surface area contributed by atoms with Crippen molar-refractivity contribution in [2.45, 2.75) is 59.1 Å². The van der Waals surface area contributed by atoms with Gasteiger partial charge >= 0.3 is 0 Å². The maximum Gasteiger partial charge on any atom is 0.0596 e. The van der Waals surface area contributed by atoms with Crippen LogP contribution in [-0.4, -0.2) is 50.3 Å². The van der Waals surface area contributed by atoms with Crippen molar-refractivity contribution in [1.82, 2.24) is 10.2 Å². The molecule has 0 aromatic rings. The molecular weight excluding hydrogens is 236 g/mol. The fourth-order valence-corrected chi connectivity index (χ4v) is 3.17. The van der Waals surface area contributed by atoms with Crippen LogP contribution in [0.15, 0.2) is 0 Å².